The largest absolute Gasteiger partial charge is 0.314 e. The van der Waals surface area contributed by atoms with Gasteiger partial charge < -0.3 is 9.80 Å². The van der Waals surface area contributed by atoms with Gasteiger partial charge in [-0.1, -0.05) is 114 Å². The van der Waals surface area contributed by atoms with E-state index in [-0.39, 0.29) is 5.41 Å². The molecule has 0 unspecified atom stereocenters. The summed E-state index contributed by atoms with van der Waals surface area (Å²) >= 11 is 0. The van der Waals surface area contributed by atoms with Gasteiger partial charge in [0.25, 0.3) is 0 Å². The Bertz CT molecular complexity index is 1790. The summed E-state index contributed by atoms with van der Waals surface area (Å²) in [6.45, 7) is 8.62. The lowest BCUT2D eigenvalue weighted by molar-refractivity contribution is 0.331. The third-order valence-electron chi connectivity index (χ3n) is 10.6. The van der Waals surface area contributed by atoms with E-state index in [1.54, 1.807) is 5.57 Å². The molecule has 1 saturated carbocycles. The molecule has 2 aliphatic carbocycles. The third-order valence-corrected chi connectivity index (χ3v) is 10.6. The SMILES string of the molecule is Cc1ccc(N(C2=CC=C(C3(c4ccc(N(c5ccc(C)cc5)c5ccc(C)cc5)cc4)CCCCC3)CC2)c2ccc(C)cc2)cc1. The van der Waals surface area contributed by atoms with Crippen molar-refractivity contribution < 1.29 is 0 Å². The van der Waals surface area contributed by atoms with Gasteiger partial charge in [-0.2, -0.15) is 0 Å². The quantitative estimate of drug-likeness (QED) is 0.169. The zero-order valence-electron chi connectivity index (χ0n) is 29.0. The number of benzene rings is 5. The smallest absolute Gasteiger partial charge is 0.0461 e. The summed E-state index contributed by atoms with van der Waals surface area (Å²) < 4.78 is 0. The monoisotopic (exact) mass is 628 g/mol. The average Bonchev–Trinajstić information content (AvgIpc) is 3.13. The van der Waals surface area contributed by atoms with Crippen LogP contribution in [0.1, 0.15) is 72.8 Å². The van der Waals surface area contributed by atoms with Crippen LogP contribution in [0.5, 0.6) is 0 Å². The highest BCUT2D eigenvalue weighted by molar-refractivity contribution is 5.77. The molecular weight excluding hydrogens is 581 g/mol. The maximum atomic E-state index is 2.48. The number of allylic oxidation sites excluding steroid dienone is 4. The lowest BCUT2D eigenvalue weighted by atomic mass is 9.63. The molecule has 2 heteroatoms. The second-order valence-corrected chi connectivity index (χ2v) is 14.1. The Kier molecular flexibility index (Phi) is 9.08. The Balaban J connectivity index is 1.24. The number of anilines is 5. The molecule has 48 heavy (non-hydrogen) atoms. The standard InChI is InChI=1S/C46H48N2/c1-34-8-20-40(21-9-34)47(41-22-10-35(2)11-23-41)44-28-16-38(17-29-44)46(32-6-5-7-33-46)39-18-30-45(31-19-39)48(42-24-12-36(3)13-25-42)43-26-14-37(4)15-27-43/h8-18,20-30H,5-7,19,31-33H2,1-4H3. The lowest BCUT2D eigenvalue weighted by Crippen LogP contribution is -2.32. The minimum atomic E-state index is 0.0932. The van der Waals surface area contributed by atoms with Crippen LogP contribution in [0.3, 0.4) is 0 Å². The Morgan fingerprint density at radius 2 is 0.771 bits per heavy atom. The zero-order chi connectivity index (χ0) is 33.1. The molecule has 0 spiro atoms. The fourth-order valence-corrected chi connectivity index (χ4v) is 7.79. The molecule has 5 aromatic carbocycles. The van der Waals surface area contributed by atoms with Gasteiger partial charge in [0.15, 0.2) is 0 Å². The van der Waals surface area contributed by atoms with E-state index >= 15 is 0 Å². The molecule has 242 valence electrons. The molecule has 2 nitrogen and oxygen atoms in total. The van der Waals surface area contributed by atoms with Crippen molar-refractivity contribution in [3.8, 4) is 0 Å². The highest BCUT2D eigenvalue weighted by atomic mass is 15.2. The van der Waals surface area contributed by atoms with Gasteiger partial charge in [-0.15, -0.1) is 0 Å². The summed E-state index contributed by atoms with van der Waals surface area (Å²) in [7, 11) is 0. The molecule has 1 fully saturated rings. The number of rotatable bonds is 8. The molecule has 0 bridgehead atoms. The van der Waals surface area contributed by atoms with Crippen molar-refractivity contribution in [2.24, 2.45) is 0 Å². The van der Waals surface area contributed by atoms with Gasteiger partial charge >= 0.3 is 0 Å². The fourth-order valence-electron chi connectivity index (χ4n) is 7.79. The van der Waals surface area contributed by atoms with Gasteiger partial charge in [-0.3, -0.25) is 0 Å². The van der Waals surface area contributed by atoms with Crippen molar-refractivity contribution in [3.05, 3.63) is 173 Å². The number of hydrogen-bond acceptors (Lipinski definition) is 2. The van der Waals surface area contributed by atoms with Gasteiger partial charge in [-0.25, -0.2) is 0 Å². The average molecular weight is 629 g/mol. The second-order valence-electron chi connectivity index (χ2n) is 14.1. The van der Waals surface area contributed by atoms with Crippen LogP contribution in [0.4, 0.5) is 28.4 Å². The van der Waals surface area contributed by atoms with E-state index in [4.69, 9.17) is 0 Å². The van der Waals surface area contributed by atoms with Crippen molar-refractivity contribution in [3.63, 3.8) is 0 Å². The van der Waals surface area contributed by atoms with Gasteiger partial charge in [0, 0.05) is 39.5 Å². The number of aryl methyl sites for hydroxylation is 4. The molecule has 0 N–H and O–H groups in total. The minimum Gasteiger partial charge on any atom is -0.314 e. The highest BCUT2D eigenvalue weighted by Crippen LogP contribution is 2.49. The molecule has 7 rings (SSSR count). The van der Waals surface area contributed by atoms with Crippen LogP contribution in [-0.2, 0) is 5.41 Å². The topological polar surface area (TPSA) is 6.48 Å². The maximum absolute atomic E-state index is 2.48. The Hall–Kier alpha value is -4.82. The van der Waals surface area contributed by atoms with E-state index in [9.17, 15) is 0 Å². The van der Waals surface area contributed by atoms with Crippen LogP contribution in [-0.4, -0.2) is 0 Å². The molecule has 2 aliphatic rings. The van der Waals surface area contributed by atoms with Crippen molar-refractivity contribution in [1.29, 1.82) is 0 Å². The third kappa shape index (κ3) is 6.49. The highest BCUT2D eigenvalue weighted by Gasteiger charge is 2.38. The second kappa shape index (κ2) is 13.7. The van der Waals surface area contributed by atoms with Crippen molar-refractivity contribution in [1.82, 2.24) is 0 Å². The van der Waals surface area contributed by atoms with Gasteiger partial charge in [-0.05, 0) is 126 Å². The van der Waals surface area contributed by atoms with E-state index in [0.29, 0.717) is 0 Å². The first-order valence-corrected chi connectivity index (χ1v) is 17.8. The molecule has 0 radical (unpaired) electrons. The summed E-state index contributed by atoms with van der Waals surface area (Å²) in [5.74, 6) is 0. The first-order chi connectivity index (χ1) is 23.4. The molecular formula is C46H48N2. The van der Waals surface area contributed by atoms with Crippen molar-refractivity contribution in [2.75, 3.05) is 9.80 Å². The van der Waals surface area contributed by atoms with Gasteiger partial charge in [0.1, 0.15) is 0 Å². The van der Waals surface area contributed by atoms with Gasteiger partial charge in [0.2, 0.25) is 0 Å². The Morgan fingerprint density at radius 3 is 1.15 bits per heavy atom. The van der Waals surface area contributed by atoms with Crippen LogP contribution >= 0.6 is 0 Å². The Morgan fingerprint density at radius 1 is 0.396 bits per heavy atom. The summed E-state index contributed by atoms with van der Waals surface area (Å²) in [5, 5.41) is 0. The van der Waals surface area contributed by atoms with Crippen LogP contribution in [0.25, 0.3) is 0 Å². The van der Waals surface area contributed by atoms with Crippen LogP contribution < -0.4 is 9.80 Å². The van der Waals surface area contributed by atoms with E-state index in [2.05, 4.69) is 171 Å². The van der Waals surface area contributed by atoms with Gasteiger partial charge in [0.05, 0.1) is 0 Å². The van der Waals surface area contributed by atoms with E-state index in [1.807, 2.05) is 0 Å². The molecule has 0 heterocycles. The Labute approximate surface area is 288 Å². The zero-order valence-corrected chi connectivity index (χ0v) is 29.0. The molecule has 0 aliphatic heterocycles. The van der Waals surface area contributed by atoms with Crippen LogP contribution in [0.2, 0.25) is 0 Å². The first kappa shape index (κ1) is 31.8. The molecule has 0 saturated heterocycles. The summed E-state index contributed by atoms with van der Waals surface area (Å²) in [6, 6.07) is 45.3. The molecule has 0 atom stereocenters. The fraction of sp³-hybridized carbons (Fsp3) is 0.261. The maximum Gasteiger partial charge on any atom is 0.0461 e. The van der Waals surface area contributed by atoms with Crippen LogP contribution in [0, 0.1) is 27.7 Å². The van der Waals surface area contributed by atoms with E-state index < -0.39 is 0 Å². The van der Waals surface area contributed by atoms with E-state index in [1.165, 1.54) is 94.1 Å². The van der Waals surface area contributed by atoms with Crippen LogP contribution in [0.15, 0.2) is 145 Å². The molecule has 5 aromatic rings. The summed E-state index contributed by atoms with van der Waals surface area (Å²) in [6.07, 6.45) is 13.4. The predicted octanol–water partition coefficient (Wildman–Crippen LogP) is 13.0. The lowest BCUT2D eigenvalue weighted by Gasteiger charge is -2.42. The number of hydrogen-bond donors (Lipinski definition) is 0. The van der Waals surface area contributed by atoms with E-state index in [0.717, 1.165) is 12.8 Å². The molecule has 0 amide bonds. The normalized spacial score (nSPS) is 15.8. The predicted molar refractivity (Wildman–Crippen MR) is 205 cm³/mol. The minimum absolute atomic E-state index is 0.0932. The molecule has 0 aromatic heterocycles. The first-order valence-electron chi connectivity index (χ1n) is 17.8. The summed E-state index contributed by atoms with van der Waals surface area (Å²) in [4.78, 5) is 4.84. The summed E-state index contributed by atoms with van der Waals surface area (Å²) in [5.41, 5.74) is 15.7. The number of nitrogens with zero attached hydrogens (tertiary/aromatic N) is 2. The van der Waals surface area contributed by atoms with Crippen molar-refractivity contribution >= 4 is 28.4 Å². The van der Waals surface area contributed by atoms with Crippen molar-refractivity contribution in [2.45, 2.75) is 78.1 Å².